The van der Waals surface area contributed by atoms with Crippen LogP contribution in [0.2, 0.25) is 0 Å². The van der Waals surface area contributed by atoms with Crippen molar-refractivity contribution < 1.29 is 4.79 Å². The van der Waals surface area contributed by atoms with E-state index in [1.54, 1.807) is 11.8 Å². The first-order chi connectivity index (χ1) is 12.7. The van der Waals surface area contributed by atoms with Crippen molar-refractivity contribution in [1.82, 2.24) is 0 Å². The summed E-state index contributed by atoms with van der Waals surface area (Å²) in [6.07, 6.45) is 19.9. The Morgan fingerprint density at radius 2 is 1.00 bits per heavy atom. The van der Waals surface area contributed by atoms with Gasteiger partial charge in [-0.3, -0.25) is 4.79 Å². The van der Waals surface area contributed by atoms with Gasteiger partial charge >= 0.3 is 0 Å². The summed E-state index contributed by atoms with van der Waals surface area (Å²) in [4.78, 5) is 12.0. The van der Waals surface area contributed by atoms with Crippen molar-refractivity contribution in [3.05, 3.63) is 0 Å². The fourth-order valence-corrected chi connectivity index (χ4v) is 4.81. The predicted molar refractivity (Wildman–Crippen MR) is 132 cm³/mol. The lowest BCUT2D eigenvalue weighted by Gasteiger charge is -2.04. The number of thioether (sulfide) groups is 1. The van der Waals surface area contributed by atoms with Gasteiger partial charge in [-0.05, 0) is 31.4 Å². The number of rotatable bonds is 20. The largest absolute Gasteiger partial charge is 0.293 e. The van der Waals surface area contributed by atoms with Crippen molar-refractivity contribution in [1.29, 1.82) is 0 Å². The summed E-state index contributed by atoms with van der Waals surface area (Å²) in [5, 5.41) is 2.26. The van der Waals surface area contributed by atoms with Gasteiger partial charge in [0, 0.05) is 17.1 Å². The minimum atomic E-state index is 0.205. The smallest absolute Gasteiger partial charge is 0.180 e. The van der Waals surface area contributed by atoms with E-state index in [0.717, 1.165) is 22.8 Å². The van der Waals surface area contributed by atoms with Crippen LogP contribution in [0, 0.1) is 0 Å². The highest BCUT2D eigenvalue weighted by Crippen LogP contribution is 2.15. The molecule has 154 valence electrons. The fraction of sp³-hybridized carbons (Fsp3) is 0.905. The maximum absolute atomic E-state index is 12.0. The number of halogens is 2. The topological polar surface area (TPSA) is 17.1 Å². The van der Waals surface area contributed by atoms with Gasteiger partial charge in [-0.1, -0.05) is 115 Å². The van der Waals surface area contributed by atoms with Crippen LogP contribution in [-0.4, -0.2) is 26.4 Å². The molecule has 0 aromatic carbocycles. The van der Waals surface area contributed by atoms with Gasteiger partial charge in [0.1, 0.15) is 4.20 Å². The zero-order valence-electron chi connectivity index (χ0n) is 16.4. The Morgan fingerprint density at radius 1 is 0.615 bits per heavy atom. The second kappa shape index (κ2) is 22.4. The molecule has 5 heteroatoms. The van der Waals surface area contributed by atoms with Gasteiger partial charge in [0.2, 0.25) is 0 Å². The fourth-order valence-electron chi connectivity index (χ4n) is 2.87. The molecular formula is C21H38Br2OS2. The first kappa shape index (κ1) is 27.1. The summed E-state index contributed by atoms with van der Waals surface area (Å²) in [5.74, 6) is 1.22. The van der Waals surface area contributed by atoms with E-state index in [-0.39, 0.29) is 5.78 Å². The molecule has 0 aliphatic heterocycles. The van der Waals surface area contributed by atoms with Crippen molar-refractivity contribution in [2.75, 3.05) is 16.4 Å². The van der Waals surface area contributed by atoms with Gasteiger partial charge in [0.15, 0.2) is 5.78 Å². The second-order valence-corrected chi connectivity index (χ2v) is 10.3. The summed E-state index contributed by atoms with van der Waals surface area (Å²) in [5.41, 5.74) is 0. The van der Waals surface area contributed by atoms with Crippen LogP contribution >= 0.6 is 55.8 Å². The Balaban J connectivity index is 3.34. The molecule has 0 aliphatic rings. The van der Waals surface area contributed by atoms with E-state index < -0.39 is 0 Å². The quantitative estimate of drug-likeness (QED) is 0.0891. The number of carbonyl (C=O) groups excluding carboxylic acids is 1. The number of thiocarbonyl (C=S) groups is 1. The molecule has 0 fully saturated rings. The van der Waals surface area contributed by atoms with Gasteiger partial charge in [-0.2, -0.15) is 0 Å². The lowest BCUT2D eigenvalue weighted by Crippen LogP contribution is -2.08. The molecule has 0 atom stereocenters. The monoisotopic (exact) mass is 528 g/mol. The van der Waals surface area contributed by atoms with Crippen molar-refractivity contribution in [2.24, 2.45) is 0 Å². The van der Waals surface area contributed by atoms with Crippen LogP contribution in [0.25, 0.3) is 0 Å². The standard InChI is InChI=1S/C21H38Br2OS2/c22-17-13-9-5-1-2-7-11-15-19-26-21(25)20(24)16-12-8-4-3-6-10-14-18-23/h1-19H2. The highest BCUT2D eigenvalue weighted by Gasteiger charge is 2.09. The molecule has 0 aromatic rings. The van der Waals surface area contributed by atoms with Crippen molar-refractivity contribution in [3.63, 3.8) is 0 Å². The number of alkyl halides is 2. The molecule has 0 aromatic heterocycles. The molecule has 26 heavy (non-hydrogen) atoms. The number of hydrogen-bond donors (Lipinski definition) is 0. The summed E-state index contributed by atoms with van der Waals surface area (Å²) in [7, 11) is 0. The van der Waals surface area contributed by atoms with E-state index >= 15 is 0 Å². The van der Waals surface area contributed by atoms with Crippen molar-refractivity contribution in [2.45, 2.75) is 103 Å². The molecule has 0 saturated heterocycles. The van der Waals surface area contributed by atoms with Crippen LogP contribution in [0.3, 0.4) is 0 Å². The van der Waals surface area contributed by atoms with Gasteiger partial charge in [0.25, 0.3) is 0 Å². The molecule has 0 rings (SSSR count). The Morgan fingerprint density at radius 3 is 1.46 bits per heavy atom. The lowest BCUT2D eigenvalue weighted by atomic mass is 10.1. The molecule has 0 aliphatic carbocycles. The summed E-state index contributed by atoms with van der Waals surface area (Å²) in [6.45, 7) is 0. The molecule has 0 heterocycles. The molecule has 0 N–H and O–H groups in total. The van der Waals surface area contributed by atoms with E-state index in [2.05, 4.69) is 31.9 Å². The zero-order valence-corrected chi connectivity index (χ0v) is 21.2. The normalized spacial score (nSPS) is 11.0. The summed E-state index contributed by atoms with van der Waals surface area (Å²) < 4.78 is 0.622. The summed E-state index contributed by atoms with van der Waals surface area (Å²) in [6, 6.07) is 0. The Bertz CT molecular complexity index is 338. The highest BCUT2D eigenvalue weighted by atomic mass is 79.9. The lowest BCUT2D eigenvalue weighted by molar-refractivity contribution is -0.112. The SMILES string of the molecule is O=C(CCCCCCCCCBr)C(=S)SCCCCCCCCCCBr. The highest BCUT2D eigenvalue weighted by molar-refractivity contribution is 9.09. The van der Waals surface area contributed by atoms with Gasteiger partial charge in [0.05, 0.1) is 0 Å². The average molecular weight is 530 g/mol. The Hall–Kier alpha value is 1.07. The zero-order chi connectivity index (χ0) is 19.3. The second-order valence-electron chi connectivity index (χ2n) is 6.99. The van der Waals surface area contributed by atoms with Gasteiger partial charge < -0.3 is 0 Å². The van der Waals surface area contributed by atoms with Gasteiger partial charge in [-0.15, -0.1) is 11.8 Å². The summed E-state index contributed by atoms with van der Waals surface area (Å²) >= 11 is 13.8. The van der Waals surface area contributed by atoms with Crippen LogP contribution in [0.4, 0.5) is 0 Å². The minimum Gasteiger partial charge on any atom is -0.293 e. The van der Waals surface area contributed by atoms with Crippen molar-refractivity contribution in [3.8, 4) is 0 Å². The van der Waals surface area contributed by atoms with E-state index in [4.69, 9.17) is 12.2 Å². The maximum Gasteiger partial charge on any atom is 0.180 e. The van der Waals surface area contributed by atoms with Crippen LogP contribution in [0.5, 0.6) is 0 Å². The Kier molecular flexibility index (Phi) is 23.3. The Labute approximate surface area is 188 Å². The first-order valence-corrected chi connectivity index (χ1v) is 14.2. The number of hydrogen-bond acceptors (Lipinski definition) is 3. The van der Waals surface area contributed by atoms with Crippen LogP contribution < -0.4 is 0 Å². The number of unbranched alkanes of at least 4 members (excludes halogenated alkanes) is 13. The van der Waals surface area contributed by atoms with E-state index in [9.17, 15) is 4.79 Å². The van der Waals surface area contributed by atoms with E-state index in [0.29, 0.717) is 10.6 Å². The molecule has 0 bridgehead atoms. The third-order valence-electron chi connectivity index (χ3n) is 4.53. The average Bonchev–Trinajstić information content (AvgIpc) is 2.65. The maximum atomic E-state index is 12.0. The molecule has 0 unspecified atom stereocenters. The minimum absolute atomic E-state index is 0.205. The molecule has 0 amide bonds. The van der Waals surface area contributed by atoms with Crippen LogP contribution in [-0.2, 0) is 4.79 Å². The third-order valence-corrected chi connectivity index (χ3v) is 7.21. The van der Waals surface area contributed by atoms with Crippen molar-refractivity contribution >= 4 is 65.8 Å². The van der Waals surface area contributed by atoms with Crippen LogP contribution in [0.15, 0.2) is 0 Å². The third kappa shape index (κ3) is 19.8. The molecule has 0 radical (unpaired) electrons. The van der Waals surface area contributed by atoms with Gasteiger partial charge in [-0.25, -0.2) is 0 Å². The number of carbonyl (C=O) groups is 1. The number of Topliss-reactive ketones (excluding diaryl/α,β-unsaturated/α-hetero) is 1. The molecule has 0 spiro atoms. The van der Waals surface area contributed by atoms with E-state index in [1.165, 1.54) is 89.9 Å². The molecule has 1 nitrogen and oxygen atoms in total. The molecular weight excluding hydrogens is 492 g/mol. The van der Waals surface area contributed by atoms with E-state index in [1.807, 2.05) is 0 Å². The molecule has 0 saturated carbocycles. The predicted octanol–water partition coefficient (Wildman–Crippen LogP) is 8.65. The van der Waals surface area contributed by atoms with Crippen LogP contribution in [0.1, 0.15) is 103 Å². The number of ketones is 1. The first-order valence-electron chi connectivity index (χ1n) is 10.5.